The van der Waals surface area contributed by atoms with E-state index in [0.29, 0.717) is 5.69 Å². The lowest BCUT2D eigenvalue weighted by Crippen LogP contribution is -2.47. The second-order valence-electron chi connectivity index (χ2n) is 7.07. The SMILES string of the molecule is Cc1ccc(NC(=O)c2ccc(N3CCN(c4ncccn4)CC3)nn2)c(C)c1. The molecule has 3 aromatic rings. The van der Waals surface area contributed by atoms with Crippen molar-refractivity contribution in [3.63, 3.8) is 0 Å². The van der Waals surface area contributed by atoms with Crippen molar-refractivity contribution in [1.82, 2.24) is 20.2 Å². The Balaban J connectivity index is 1.37. The molecule has 2 aromatic heterocycles. The first kappa shape index (κ1) is 18.8. The van der Waals surface area contributed by atoms with Gasteiger partial charge in [-0.05, 0) is 43.7 Å². The van der Waals surface area contributed by atoms with Gasteiger partial charge in [0.25, 0.3) is 5.91 Å². The Morgan fingerprint density at radius 3 is 2.31 bits per heavy atom. The highest BCUT2D eigenvalue weighted by atomic mass is 16.1. The molecule has 1 fully saturated rings. The number of aryl methyl sites for hydroxylation is 2. The molecule has 4 rings (SSSR count). The van der Waals surface area contributed by atoms with Crippen molar-refractivity contribution in [1.29, 1.82) is 0 Å². The van der Waals surface area contributed by atoms with Gasteiger partial charge >= 0.3 is 0 Å². The van der Waals surface area contributed by atoms with E-state index >= 15 is 0 Å². The number of aromatic nitrogens is 4. The number of amides is 1. The van der Waals surface area contributed by atoms with Crippen molar-refractivity contribution in [2.24, 2.45) is 0 Å². The number of hydrogen-bond acceptors (Lipinski definition) is 7. The predicted octanol–water partition coefficient (Wildman–Crippen LogP) is 2.46. The summed E-state index contributed by atoms with van der Waals surface area (Å²) in [6, 6.07) is 11.3. The van der Waals surface area contributed by atoms with Crippen LogP contribution >= 0.6 is 0 Å². The largest absolute Gasteiger partial charge is 0.352 e. The number of hydrogen-bond donors (Lipinski definition) is 1. The van der Waals surface area contributed by atoms with Crippen molar-refractivity contribution in [2.45, 2.75) is 13.8 Å². The Morgan fingerprint density at radius 1 is 0.931 bits per heavy atom. The van der Waals surface area contributed by atoms with E-state index in [4.69, 9.17) is 0 Å². The number of rotatable bonds is 4. The molecular weight excluding hydrogens is 366 g/mol. The monoisotopic (exact) mass is 389 g/mol. The fraction of sp³-hybridized carbons (Fsp3) is 0.286. The molecule has 0 bridgehead atoms. The molecule has 0 atom stereocenters. The Morgan fingerprint density at radius 2 is 1.66 bits per heavy atom. The van der Waals surface area contributed by atoms with Crippen molar-refractivity contribution in [3.05, 3.63) is 65.6 Å². The molecule has 1 aliphatic heterocycles. The van der Waals surface area contributed by atoms with Gasteiger partial charge in [0.2, 0.25) is 5.95 Å². The first-order valence-corrected chi connectivity index (χ1v) is 9.59. The molecular formula is C21H23N7O. The van der Waals surface area contributed by atoms with Gasteiger partial charge in [-0.25, -0.2) is 9.97 Å². The third kappa shape index (κ3) is 4.31. The van der Waals surface area contributed by atoms with Gasteiger partial charge in [-0.1, -0.05) is 17.7 Å². The molecule has 1 aliphatic rings. The molecule has 0 aliphatic carbocycles. The van der Waals surface area contributed by atoms with E-state index in [0.717, 1.165) is 54.8 Å². The summed E-state index contributed by atoms with van der Waals surface area (Å²) in [5.41, 5.74) is 3.25. The highest BCUT2D eigenvalue weighted by molar-refractivity contribution is 6.03. The normalized spacial score (nSPS) is 14.0. The zero-order valence-electron chi connectivity index (χ0n) is 16.5. The number of piperazine rings is 1. The maximum Gasteiger partial charge on any atom is 0.276 e. The highest BCUT2D eigenvalue weighted by Crippen LogP contribution is 2.18. The van der Waals surface area contributed by atoms with Gasteiger partial charge in [-0.2, -0.15) is 0 Å². The van der Waals surface area contributed by atoms with Gasteiger partial charge in [0, 0.05) is 44.3 Å². The quantitative estimate of drug-likeness (QED) is 0.733. The van der Waals surface area contributed by atoms with Crippen LogP contribution in [0.4, 0.5) is 17.5 Å². The third-order valence-corrected chi connectivity index (χ3v) is 4.95. The summed E-state index contributed by atoms with van der Waals surface area (Å²) in [6.45, 7) is 7.19. The Kier molecular flexibility index (Phi) is 5.33. The van der Waals surface area contributed by atoms with Crippen molar-refractivity contribution in [3.8, 4) is 0 Å². The molecule has 0 radical (unpaired) electrons. The van der Waals surface area contributed by atoms with Crippen LogP contribution in [0.25, 0.3) is 0 Å². The van der Waals surface area contributed by atoms with Gasteiger partial charge in [0.1, 0.15) is 0 Å². The fourth-order valence-electron chi connectivity index (χ4n) is 3.35. The molecule has 148 valence electrons. The molecule has 1 amide bonds. The number of nitrogens with zero attached hydrogens (tertiary/aromatic N) is 6. The second-order valence-corrected chi connectivity index (χ2v) is 7.07. The summed E-state index contributed by atoms with van der Waals surface area (Å²) in [5.74, 6) is 1.25. The fourth-order valence-corrected chi connectivity index (χ4v) is 3.35. The molecule has 8 heteroatoms. The summed E-state index contributed by atoms with van der Waals surface area (Å²) in [7, 11) is 0. The number of benzene rings is 1. The molecule has 0 spiro atoms. The summed E-state index contributed by atoms with van der Waals surface area (Å²) < 4.78 is 0. The maximum atomic E-state index is 12.5. The summed E-state index contributed by atoms with van der Waals surface area (Å²) in [6.07, 6.45) is 3.50. The van der Waals surface area contributed by atoms with E-state index in [-0.39, 0.29) is 5.91 Å². The van der Waals surface area contributed by atoms with Gasteiger partial charge in [0.15, 0.2) is 11.5 Å². The Hall–Kier alpha value is -3.55. The number of carbonyl (C=O) groups is 1. The molecule has 0 unspecified atom stereocenters. The summed E-state index contributed by atoms with van der Waals surface area (Å²) in [5, 5.41) is 11.3. The van der Waals surface area contributed by atoms with Crippen LogP contribution in [0.5, 0.6) is 0 Å². The lowest BCUT2D eigenvalue weighted by Gasteiger charge is -2.35. The van der Waals surface area contributed by atoms with Gasteiger partial charge in [-0.15, -0.1) is 10.2 Å². The van der Waals surface area contributed by atoms with E-state index in [2.05, 4.69) is 35.3 Å². The van der Waals surface area contributed by atoms with Crippen LogP contribution in [0.15, 0.2) is 48.8 Å². The van der Waals surface area contributed by atoms with E-state index in [9.17, 15) is 4.79 Å². The second kappa shape index (κ2) is 8.22. The molecule has 8 nitrogen and oxygen atoms in total. The number of carbonyl (C=O) groups excluding carboxylic acids is 1. The number of anilines is 3. The van der Waals surface area contributed by atoms with E-state index in [1.165, 1.54) is 0 Å². The average Bonchev–Trinajstić information content (AvgIpc) is 2.76. The van der Waals surface area contributed by atoms with Crippen molar-refractivity contribution >= 4 is 23.4 Å². The minimum atomic E-state index is -0.262. The van der Waals surface area contributed by atoms with Crippen LogP contribution in [0.2, 0.25) is 0 Å². The van der Waals surface area contributed by atoms with E-state index in [1.807, 2.05) is 44.2 Å². The molecule has 0 saturated carbocycles. The predicted molar refractivity (Wildman–Crippen MR) is 112 cm³/mol. The van der Waals surface area contributed by atoms with Crippen LogP contribution < -0.4 is 15.1 Å². The summed E-state index contributed by atoms with van der Waals surface area (Å²) in [4.78, 5) is 25.4. The molecule has 1 N–H and O–H groups in total. The third-order valence-electron chi connectivity index (χ3n) is 4.95. The van der Waals surface area contributed by atoms with Crippen LogP contribution in [-0.4, -0.2) is 52.3 Å². The molecule has 29 heavy (non-hydrogen) atoms. The van der Waals surface area contributed by atoms with Crippen LogP contribution in [0.1, 0.15) is 21.6 Å². The van der Waals surface area contributed by atoms with Crippen molar-refractivity contribution < 1.29 is 4.79 Å². The van der Waals surface area contributed by atoms with Gasteiger partial charge < -0.3 is 15.1 Å². The number of nitrogens with one attached hydrogen (secondary N) is 1. The van der Waals surface area contributed by atoms with Crippen LogP contribution in [0.3, 0.4) is 0 Å². The van der Waals surface area contributed by atoms with E-state index in [1.54, 1.807) is 18.5 Å². The van der Waals surface area contributed by atoms with Crippen LogP contribution in [0, 0.1) is 13.8 Å². The van der Waals surface area contributed by atoms with E-state index < -0.39 is 0 Å². The average molecular weight is 389 g/mol. The topological polar surface area (TPSA) is 87.1 Å². The summed E-state index contributed by atoms with van der Waals surface area (Å²) >= 11 is 0. The molecule has 3 heterocycles. The minimum Gasteiger partial charge on any atom is -0.352 e. The molecule has 1 aromatic carbocycles. The zero-order chi connectivity index (χ0) is 20.2. The van der Waals surface area contributed by atoms with Gasteiger partial charge in [0.05, 0.1) is 0 Å². The maximum absolute atomic E-state index is 12.5. The first-order valence-electron chi connectivity index (χ1n) is 9.59. The highest BCUT2D eigenvalue weighted by Gasteiger charge is 2.20. The Labute approximate surface area is 169 Å². The Bertz CT molecular complexity index is 984. The first-order chi connectivity index (χ1) is 14.1. The lowest BCUT2D eigenvalue weighted by atomic mass is 10.1. The zero-order valence-corrected chi connectivity index (χ0v) is 16.5. The standard InChI is InChI=1S/C21H23N7O/c1-15-4-5-17(16(2)14-15)24-20(29)18-6-7-19(26-25-18)27-10-12-28(13-11-27)21-22-8-3-9-23-21/h3-9,14H,10-13H2,1-2H3,(H,24,29). The van der Waals surface area contributed by atoms with Crippen LogP contribution in [-0.2, 0) is 0 Å². The minimum absolute atomic E-state index is 0.262. The smallest absolute Gasteiger partial charge is 0.276 e. The lowest BCUT2D eigenvalue weighted by molar-refractivity contribution is 0.102. The molecule has 1 saturated heterocycles. The van der Waals surface area contributed by atoms with Gasteiger partial charge in [-0.3, -0.25) is 4.79 Å². The van der Waals surface area contributed by atoms with Crippen molar-refractivity contribution in [2.75, 3.05) is 41.3 Å².